The highest BCUT2D eigenvalue weighted by Gasteiger charge is 2.38. The molecule has 26 heavy (non-hydrogen) atoms. The maximum atomic E-state index is 12.5. The molecule has 7 nitrogen and oxygen atoms in total. The Morgan fingerprint density at radius 1 is 1.04 bits per heavy atom. The Kier molecular flexibility index (Phi) is 4.87. The fourth-order valence-electron chi connectivity index (χ4n) is 2.69. The summed E-state index contributed by atoms with van der Waals surface area (Å²) in [5, 5.41) is 6.53. The van der Waals surface area contributed by atoms with Gasteiger partial charge in [0.1, 0.15) is 12.1 Å². The van der Waals surface area contributed by atoms with Crippen LogP contribution >= 0.6 is 0 Å². The van der Waals surface area contributed by atoms with Crippen LogP contribution in [0.2, 0.25) is 0 Å². The Balaban J connectivity index is 1.59. The van der Waals surface area contributed by atoms with Gasteiger partial charge in [-0.25, -0.2) is 9.97 Å². The van der Waals surface area contributed by atoms with E-state index in [-0.39, 0.29) is 17.9 Å². The largest absolute Gasteiger partial charge is 0.470 e. The maximum Gasteiger partial charge on any atom is 0.470 e. The third-order valence-corrected chi connectivity index (χ3v) is 4.19. The van der Waals surface area contributed by atoms with Crippen LogP contribution in [0.15, 0.2) is 16.8 Å². The van der Waals surface area contributed by atoms with Crippen LogP contribution in [0.3, 0.4) is 0 Å². The Labute approximate surface area is 149 Å². The van der Waals surface area contributed by atoms with E-state index in [1.165, 1.54) is 0 Å². The number of aromatic nitrogens is 4. The first-order chi connectivity index (χ1) is 12.1. The number of nitrogens with zero attached hydrogens (tertiary/aromatic N) is 6. The molecule has 0 unspecified atom stereocenters. The second kappa shape index (κ2) is 6.82. The molecule has 0 spiro atoms. The van der Waals surface area contributed by atoms with Gasteiger partial charge in [-0.3, -0.25) is 4.90 Å². The minimum absolute atomic E-state index is 0.0252. The minimum atomic E-state index is -4.61. The van der Waals surface area contributed by atoms with Crippen LogP contribution in [-0.2, 0) is 18.1 Å². The second-order valence-electron chi connectivity index (χ2n) is 7.27. The number of alkyl halides is 3. The standard InChI is InChI=1S/C16H21F3N6O/c1-15(2,3)11-8-12(21-10-20-11)25-6-4-24(5-7-25)9-13-22-23-14(26-13)16(17,18)19/h8,10H,4-7,9H2,1-3H3. The van der Waals surface area contributed by atoms with Crippen LogP contribution < -0.4 is 4.90 Å². The van der Waals surface area contributed by atoms with Gasteiger partial charge in [-0.1, -0.05) is 20.8 Å². The van der Waals surface area contributed by atoms with Crippen molar-refractivity contribution in [1.29, 1.82) is 0 Å². The summed E-state index contributed by atoms with van der Waals surface area (Å²) in [6.07, 6.45) is -3.04. The predicted molar refractivity (Wildman–Crippen MR) is 87.5 cm³/mol. The van der Waals surface area contributed by atoms with Crippen LogP contribution in [0.4, 0.5) is 19.0 Å². The zero-order chi connectivity index (χ0) is 18.9. The summed E-state index contributed by atoms with van der Waals surface area (Å²) >= 11 is 0. The fraction of sp³-hybridized carbons (Fsp3) is 0.625. The van der Waals surface area contributed by atoms with Gasteiger partial charge in [0.15, 0.2) is 0 Å². The normalized spacial score (nSPS) is 16.9. The smallest absolute Gasteiger partial charge is 0.416 e. The summed E-state index contributed by atoms with van der Waals surface area (Å²) in [6, 6.07) is 1.99. The summed E-state index contributed by atoms with van der Waals surface area (Å²) < 4.78 is 42.2. The van der Waals surface area contributed by atoms with Crippen LogP contribution in [0.1, 0.15) is 38.2 Å². The van der Waals surface area contributed by atoms with E-state index in [0.717, 1.165) is 11.5 Å². The van der Waals surface area contributed by atoms with Crippen LogP contribution in [0.25, 0.3) is 0 Å². The molecule has 3 heterocycles. The predicted octanol–water partition coefficient (Wildman–Crippen LogP) is 2.50. The van der Waals surface area contributed by atoms with Crippen molar-refractivity contribution in [3.63, 3.8) is 0 Å². The van der Waals surface area contributed by atoms with Gasteiger partial charge in [0.25, 0.3) is 0 Å². The molecule has 0 saturated carbocycles. The highest BCUT2D eigenvalue weighted by Crippen LogP contribution is 2.28. The lowest BCUT2D eigenvalue weighted by molar-refractivity contribution is -0.157. The highest BCUT2D eigenvalue weighted by atomic mass is 19.4. The zero-order valence-electron chi connectivity index (χ0n) is 14.9. The van der Waals surface area contributed by atoms with E-state index in [1.54, 1.807) is 6.33 Å². The number of halogens is 3. The van der Waals surface area contributed by atoms with E-state index in [2.05, 4.69) is 45.8 Å². The van der Waals surface area contributed by atoms with Crippen molar-refractivity contribution >= 4 is 5.82 Å². The lowest BCUT2D eigenvalue weighted by Crippen LogP contribution is -2.46. The fourth-order valence-corrected chi connectivity index (χ4v) is 2.69. The first-order valence-electron chi connectivity index (χ1n) is 8.32. The zero-order valence-corrected chi connectivity index (χ0v) is 14.9. The molecular weight excluding hydrogens is 349 g/mol. The van der Waals surface area contributed by atoms with Crippen molar-refractivity contribution in [2.24, 2.45) is 0 Å². The molecule has 1 saturated heterocycles. The molecule has 3 rings (SSSR count). The Morgan fingerprint density at radius 3 is 2.31 bits per heavy atom. The van der Waals surface area contributed by atoms with E-state index < -0.39 is 12.1 Å². The van der Waals surface area contributed by atoms with E-state index in [4.69, 9.17) is 4.42 Å². The van der Waals surface area contributed by atoms with Gasteiger partial charge in [0.05, 0.1) is 12.2 Å². The van der Waals surface area contributed by atoms with Gasteiger partial charge < -0.3 is 9.32 Å². The van der Waals surface area contributed by atoms with E-state index in [9.17, 15) is 13.2 Å². The number of hydrogen-bond acceptors (Lipinski definition) is 7. The molecule has 1 aliphatic heterocycles. The average Bonchev–Trinajstić information content (AvgIpc) is 3.04. The van der Waals surface area contributed by atoms with Crippen molar-refractivity contribution in [2.45, 2.75) is 38.9 Å². The number of piperazine rings is 1. The Hall–Kier alpha value is -2.23. The van der Waals surface area contributed by atoms with E-state index in [0.29, 0.717) is 26.2 Å². The topological polar surface area (TPSA) is 71.2 Å². The van der Waals surface area contributed by atoms with E-state index in [1.807, 2.05) is 11.0 Å². The van der Waals surface area contributed by atoms with Crippen molar-refractivity contribution in [1.82, 2.24) is 25.1 Å². The molecule has 0 amide bonds. The van der Waals surface area contributed by atoms with E-state index >= 15 is 0 Å². The first-order valence-corrected chi connectivity index (χ1v) is 8.32. The molecule has 142 valence electrons. The van der Waals surface area contributed by atoms with Crippen LogP contribution in [0.5, 0.6) is 0 Å². The molecule has 2 aromatic heterocycles. The van der Waals surface area contributed by atoms with Crippen molar-refractivity contribution in [3.8, 4) is 0 Å². The van der Waals surface area contributed by atoms with Crippen LogP contribution in [0, 0.1) is 0 Å². The molecule has 0 atom stereocenters. The molecule has 0 radical (unpaired) electrons. The summed E-state index contributed by atoms with van der Waals surface area (Å²) in [6.45, 7) is 9.23. The van der Waals surface area contributed by atoms with Gasteiger partial charge in [0, 0.05) is 37.7 Å². The van der Waals surface area contributed by atoms with Gasteiger partial charge in [-0.05, 0) is 0 Å². The second-order valence-corrected chi connectivity index (χ2v) is 7.27. The molecule has 1 aliphatic rings. The van der Waals surface area contributed by atoms with Gasteiger partial charge >= 0.3 is 12.1 Å². The third-order valence-electron chi connectivity index (χ3n) is 4.19. The quantitative estimate of drug-likeness (QED) is 0.822. The van der Waals surface area contributed by atoms with Gasteiger partial charge in [-0.15, -0.1) is 10.2 Å². The summed E-state index contributed by atoms with van der Waals surface area (Å²) in [4.78, 5) is 12.8. The third kappa shape index (κ3) is 4.29. The SMILES string of the molecule is CC(C)(C)c1cc(N2CCN(Cc3nnc(C(F)(F)F)o3)CC2)ncn1. The molecule has 2 aromatic rings. The maximum absolute atomic E-state index is 12.5. The number of hydrogen-bond donors (Lipinski definition) is 0. The summed E-state index contributed by atoms with van der Waals surface area (Å²) in [7, 11) is 0. The minimum Gasteiger partial charge on any atom is -0.416 e. The summed E-state index contributed by atoms with van der Waals surface area (Å²) in [5.74, 6) is -0.466. The molecule has 0 aromatic carbocycles. The molecule has 0 aliphatic carbocycles. The Bertz CT molecular complexity index is 747. The Morgan fingerprint density at radius 2 is 1.73 bits per heavy atom. The average molecular weight is 370 g/mol. The van der Waals surface area contributed by atoms with Gasteiger partial charge in [-0.2, -0.15) is 13.2 Å². The highest BCUT2D eigenvalue weighted by molar-refractivity contribution is 5.40. The van der Waals surface area contributed by atoms with Crippen LogP contribution in [-0.4, -0.2) is 51.2 Å². The first kappa shape index (κ1) is 18.6. The monoisotopic (exact) mass is 370 g/mol. The number of anilines is 1. The van der Waals surface area contributed by atoms with Crippen molar-refractivity contribution in [2.75, 3.05) is 31.1 Å². The lowest BCUT2D eigenvalue weighted by atomic mass is 9.92. The molecular formula is C16H21F3N6O. The molecule has 1 fully saturated rings. The lowest BCUT2D eigenvalue weighted by Gasteiger charge is -2.35. The molecule has 0 bridgehead atoms. The summed E-state index contributed by atoms with van der Waals surface area (Å²) in [5.41, 5.74) is 0.906. The molecule has 10 heteroatoms. The van der Waals surface area contributed by atoms with Gasteiger partial charge in [0.2, 0.25) is 5.89 Å². The number of rotatable bonds is 3. The van der Waals surface area contributed by atoms with Crippen molar-refractivity contribution < 1.29 is 17.6 Å². The molecule has 0 N–H and O–H groups in total. The van der Waals surface area contributed by atoms with Crippen molar-refractivity contribution in [3.05, 3.63) is 29.9 Å².